The summed E-state index contributed by atoms with van der Waals surface area (Å²) in [5, 5.41) is 0. The van der Waals surface area contributed by atoms with E-state index >= 15 is 0 Å². The monoisotopic (exact) mass is 476 g/mol. The van der Waals surface area contributed by atoms with E-state index in [0.717, 1.165) is 56.3 Å². The van der Waals surface area contributed by atoms with Gasteiger partial charge in [-0.25, -0.2) is 9.59 Å². The van der Waals surface area contributed by atoms with Crippen LogP contribution in [0.3, 0.4) is 0 Å². The van der Waals surface area contributed by atoms with Gasteiger partial charge in [0.1, 0.15) is 18.0 Å². The summed E-state index contributed by atoms with van der Waals surface area (Å²) < 4.78 is 21.5. The molecule has 0 aliphatic rings. The third kappa shape index (κ3) is 11.9. The smallest absolute Gasteiger partial charge is 0.338 e. The van der Waals surface area contributed by atoms with Gasteiger partial charge in [-0.2, -0.15) is 0 Å². The maximum absolute atomic E-state index is 12.5. The van der Waals surface area contributed by atoms with Gasteiger partial charge in [-0.1, -0.05) is 45.6 Å². The molecule has 2 atom stereocenters. The molecule has 190 valence electrons. The molecule has 7 heteroatoms. The Morgan fingerprint density at radius 2 is 1.59 bits per heavy atom. The second kappa shape index (κ2) is 16.7. The Morgan fingerprint density at radius 1 is 0.971 bits per heavy atom. The van der Waals surface area contributed by atoms with Gasteiger partial charge in [0.2, 0.25) is 0 Å². The molecular formula is C27H40O7. The minimum atomic E-state index is -0.503. The molecule has 2 unspecified atom stereocenters. The number of esters is 3. The fraction of sp³-hybridized carbons (Fsp3) is 0.593. The van der Waals surface area contributed by atoms with Crippen molar-refractivity contribution < 1.29 is 33.3 Å². The Balaban J connectivity index is 2.29. The van der Waals surface area contributed by atoms with E-state index in [9.17, 15) is 14.4 Å². The highest BCUT2D eigenvalue weighted by molar-refractivity contribution is 5.90. The van der Waals surface area contributed by atoms with E-state index in [-0.39, 0.29) is 5.97 Å². The number of carbonyl (C=O) groups is 3. The van der Waals surface area contributed by atoms with E-state index in [2.05, 4.69) is 6.58 Å². The van der Waals surface area contributed by atoms with Crippen molar-refractivity contribution in [1.82, 2.24) is 0 Å². The lowest BCUT2D eigenvalue weighted by Gasteiger charge is -2.22. The largest absolute Gasteiger partial charge is 0.493 e. The van der Waals surface area contributed by atoms with Gasteiger partial charge in [0.05, 0.1) is 18.8 Å². The van der Waals surface area contributed by atoms with E-state index in [1.54, 1.807) is 25.1 Å². The predicted octanol–water partition coefficient (Wildman–Crippen LogP) is 5.72. The Morgan fingerprint density at radius 3 is 2.15 bits per heavy atom. The molecule has 0 saturated carbocycles. The molecule has 0 spiro atoms. The van der Waals surface area contributed by atoms with Gasteiger partial charge < -0.3 is 18.9 Å². The molecule has 0 aliphatic carbocycles. The van der Waals surface area contributed by atoms with E-state index in [1.165, 1.54) is 13.0 Å². The standard InChI is InChI=1S/C27H40O7/c1-6-24(21(4)33-22(5)28)34-27(30)23-15-16-25(20(3)19-23)31-17-13-11-9-8-10-12-14-18-32-26(29)7-2/h7,15-16,19,21,24H,2,6,8-14,17-18H2,1,3-5H3. The first kappa shape index (κ1) is 29.2. The summed E-state index contributed by atoms with van der Waals surface area (Å²) in [6.07, 6.45) is 8.15. The van der Waals surface area contributed by atoms with Crippen molar-refractivity contribution in [1.29, 1.82) is 0 Å². The Kier molecular flexibility index (Phi) is 14.4. The second-order valence-corrected chi connectivity index (χ2v) is 8.34. The summed E-state index contributed by atoms with van der Waals surface area (Å²) in [7, 11) is 0. The summed E-state index contributed by atoms with van der Waals surface area (Å²) in [5.41, 5.74) is 1.31. The molecule has 7 nitrogen and oxygen atoms in total. The third-order valence-electron chi connectivity index (χ3n) is 5.40. The second-order valence-electron chi connectivity index (χ2n) is 8.34. The van der Waals surface area contributed by atoms with E-state index in [4.69, 9.17) is 18.9 Å². The topological polar surface area (TPSA) is 88.1 Å². The summed E-state index contributed by atoms with van der Waals surface area (Å²) in [5.74, 6) is -0.450. The lowest BCUT2D eigenvalue weighted by molar-refractivity contribution is -0.151. The fourth-order valence-electron chi connectivity index (χ4n) is 3.49. The van der Waals surface area contributed by atoms with Gasteiger partial charge in [-0.05, 0) is 56.9 Å². The number of unbranched alkanes of at least 4 members (excludes halogenated alkanes) is 6. The number of aryl methyl sites for hydroxylation is 1. The summed E-state index contributed by atoms with van der Waals surface area (Å²) in [6, 6.07) is 5.25. The lowest BCUT2D eigenvalue weighted by Crippen LogP contribution is -2.32. The molecule has 0 saturated heterocycles. The first-order valence-electron chi connectivity index (χ1n) is 12.2. The highest BCUT2D eigenvalue weighted by Crippen LogP contribution is 2.21. The molecule has 0 amide bonds. The molecule has 0 bridgehead atoms. The third-order valence-corrected chi connectivity index (χ3v) is 5.40. The zero-order chi connectivity index (χ0) is 25.3. The number of hydrogen-bond donors (Lipinski definition) is 0. The van der Waals surface area contributed by atoms with Crippen molar-refractivity contribution in [2.45, 2.75) is 91.3 Å². The molecule has 1 rings (SSSR count). The van der Waals surface area contributed by atoms with Crippen molar-refractivity contribution in [2.24, 2.45) is 0 Å². The first-order chi connectivity index (χ1) is 16.3. The van der Waals surface area contributed by atoms with Crippen molar-refractivity contribution in [2.75, 3.05) is 13.2 Å². The van der Waals surface area contributed by atoms with Crippen molar-refractivity contribution in [3.05, 3.63) is 42.0 Å². The molecular weight excluding hydrogens is 436 g/mol. The van der Waals surface area contributed by atoms with Crippen LogP contribution in [0.1, 0.15) is 88.1 Å². The van der Waals surface area contributed by atoms with Gasteiger partial charge in [-0.3, -0.25) is 4.79 Å². The van der Waals surface area contributed by atoms with Crippen LogP contribution in [0.15, 0.2) is 30.9 Å². The van der Waals surface area contributed by atoms with E-state index in [0.29, 0.717) is 25.2 Å². The Labute approximate surface area is 203 Å². The van der Waals surface area contributed by atoms with Crippen LogP contribution >= 0.6 is 0 Å². The van der Waals surface area contributed by atoms with Gasteiger partial charge in [0.25, 0.3) is 0 Å². The van der Waals surface area contributed by atoms with Crippen molar-refractivity contribution in [3.63, 3.8) is 0 Å². The van der Waals surface area contributed by atoms with Crippen molar-refractivity contribution in [3.8, 4) is 5.75 Å². The van der Waals surface area contributed by atoms with Crippen LogP contribution in [0.4, 0.5) is 0 Å². The van der Waals surface area contributed by atoms with E-state index in [1.807, 2.05) is 13.8 Å². The summed E-state index contributed by atoms with van der Waals surface area (Å²) in [6.45, 7) is 11.3. The lowest BCUT2D eigenvalue weighted by atomic mass is 10.1. The zero-order valence-corrected chi connectivity index (χ0v) is 21.1. The molecule has 1 aromatic carbocycles. The normalized spacial score (nSPS) is 12.4. The van der Waals surface area contributed by atoms with Crippen LogP contribution in [0, 0.1) is 6.92 Å². The van der Waals surface area contributed by atoms with Crippen LogP contribution in [0.25, 0.3) is 0 Å². The maximum Gasteiger partial charge on any atom is 0.338 e. The molecule has 0 N–H and O–H groups in total. The molecule has 0 fully saturated rings. The SMILES string of the molecule is C=CC(=O)OCCCCCCCCCOc1ccc(C(=O)OC(CC)C(C)OC(C)=O)cc1C. The van der Waals surface area contributed by atoms with Crippen LogP contribution in [-0.4, -0.2) is 43.3 Å². The van der Waals surface area contributed by atoms with Gasteiger partial charge in [-0.15, -0.1) is 0 Å². The highest BCUT2D eigenvalue weighted by Gasteiger charge is 2.23. The number of hydrogen-bond acceptors (Lipinski definition) is 7. The first-order valence-corrected chi connectivity index (χ1v) is 12.2. The molecule has 0 aliphatic heterocycles. The Bertz CT molecular complexity index is 787. The Hall–Kier alpha value is -2.83. The highest BCUT2D eigenvalue weighted by atomic mass is 16.6. The predicted molar refractivity (Wildman–Crippen MR) is 131 cm³/mol. The minimum Gasteiger partial charge on any atom is -0.493 e. The maximum atomic E-state index is 12.5. The number of benzene rings is 1. The van der Waals surface area contributed by atoms with Crippen LogP contribution < -0.4 is 4.74 Å². The van der Waals surface area contributed by atoms with Gasteiger partial charge >= 0.3 is 17.9 Å². The molecule has 0 heterocycles. The molecule has 0 aromatic heterocycles. The van der Waals surface area contributed by atoms with Crippen LogP contribution in [0.2, 0.25) is 0 Å². The average Bonchev–Trinajstić information content (AvgIpc) is 2.80. The van der Waals surface area contributed by atoms with Gasteiger partial charge in [0.15, 0.2) is 0 Å². The fourth-order valence-corrected chi connectivity index (χ4v) is 3.49. The average molecular weight is 477 g/mol. The van der Waals surface area contributed by atoms with Crippen molar-refractivity contribution >= 4 is 17.9 Å². The van der Waals surface area contributed by atoms with Crippen LogP contribution in [-0.2, 0) is 23.8 Å². The zero-order valence-electron chi connectivity index (χ0n) is 21.1. The van der Waals surface area contributed by atoms with Crippen LogP contribution in [0.5, 0.6) is 5.75 Å². The quantitative estimate of drug-likeness (QED) is 0.123. The van der Waals surface area contributed by atoms with E-state index < -0.39 is 24.1 Å². The molecule has 1 aromatic rings. The summed E-state index contributed by atoms with van der Waals surface area (Å²) >= 11 is 0. The number of rotatable bonds is 17. The summed E-state index contributed by atoms with van der Waals surface area (Å²) in [4.78, 5) is 34.6. The molecule has 34 heavy (non-hydrogen) atoms. The van der Waals surface area contributed by atoms with Gasteiger partial charge in [0, 0.05) is 13.0 Å². The minimum absolute atomic E-state index is 0.360. The number of carbonyl (C=O) groups excluding carboxylic acids is 3. The molecule has 0 radical (unpaired) electrons. The number of ether oxygens (including phenoxy) is 4.